The predicted octanol–water partition coefficient (Wildman–Crippen LogP) is 2.18. The minimum atomic E-state index is -0.101. The van der Waals surface area contributed by atoms with Gasteiger partial charge in [0, 0.05) is 6.20 Å². The third-order valence-electron chi connectivity index (χ3n) is 2.67. The Labute approximate surface area is 116 Å². The fraction of sp³-hybridized carbons (Fsp3) is 0.143. The molecule has 1 aromatic carbocycles. The lowest BCUT2D eigenvalue weighted by molar-refractivity contribution is 0.345. The first-order valence-electron chi connectivity index (χ1n) is 5.84. The molecule has 0 fully saturated rings. The van der Waals surface area contributed by atoms with Crippen LogP contribution in [-0.2, 0) is 0 Å². The maximum Gasteiger partial charge on any atom is 0.211 e. The van der Waals surface area contributed by atoms with Crippen LogP contribution in [0.5, 0.6) is 23.0 Å². The second-order valence-electron chi connectivity index (χ2n) is 3.88. The van der Waals surface area contributed by atoms with Gasteiger partial charge in [-0.2, -0.15) is 0 Å². The van der Waals surface area contributed by atoms with Crippen LogP contribution in [0, 0.1) is 5.41 Å². The Morgan fingerprint density at radius 1 is 1.10 bits per heavy atom. The van der Waals surface area contributed by atoms with E-state index in [2.05, 4.69) is 4.98 Å². The molecule has 104 valence electrons. The largest absolute Gasteiger partial charge is 0.493 e. The van der Waals surface area contributed by atoms with E-state index in [9.17, 15) is 0 Å². The number of ether oxygens (including phenoxy) is 3. The van der Waals surface area contributed by atoms with Gasteiger partial charge in [-0.25, -0.2) is 0 Å². The van der Waals surface area contributed by atoms with Gasteiger partial charge in [0.05, 0.1) is 26.0 Å². The average molecular weight is 273 g/mol. The molecular weight excluding hydrogens is 258 g/mol. The van der Waals surface area contributed by atoms with Crippen LogP contribution in [0.25, 0.3) is 0 Å². The number of rotatable bonds is 5. The highest BCUT2D eigenvalue weighted by Gasteiger charge is 2.15. The van der Waals surface area contributed by atoms with Crippen molar-refractivity contribution in [2.45, 2.75) is 0 Å². The van der Waals surface area contributed by atoms with E-state index < -0.39 is 0 Å². The molecule has 0 amide bonds. The smallest absolute Gasteiger partial charge is 0.211 e. The highest BCUT2D eigenvalue weighted by molar-refractivity contribution is 5.97. The summed E-state index contributed by atoms with van der Waals surface area (Å²) in [4.78, 5) is 3.98. The van der Waals surface area contributed by atoms with Crippen LogP contribution in [0.4, 0.5) is 0 Å². The average Bonchev–Trinajstić information content (AvgIpc) is 2.47. The maximum absolute atomic E-state index is 7.55. The standard InChI is InChI=1S/C14H15N3O3/c1-18-10-4-3-5-11(19-2)13(10)20-12-8-17-7-6-9(12)14(15)16/h3-8H,1-2H3,(H3,15,16). The Morgan fingerprint density at radius 3 is 2.30 bits per heavy atom. The molecule has 1 aromatic heterocycles. The van der Waals surface area contributed by atoms with Gasteiger partial charge in [0.25, 0.3) is 0 Å². The van der Waals surface area contributed by atoms with Gasteiger partial charge in [0.2, 0.25) is 5.75 Å². The second kappa shape index (κ2) is 5.92. The molecule has 0 saturated heterocycles. The topological polar surface area (TPSA) is 90.5 Å². The minimum absolute atomic E-state index is 0.101. The van der Waals surface area contributed by atoms with Crippen LogP contribution in [0.15, 0.2) is 36.7 Å². The number of para-hydroxylation sites is 1. The third kappa shape index (κ3) is 2.64. The van der Waals surface area contributed by atoms with Crippen LogP contribution in [0.2, 0.25) is 0 Å². The van der Waals surface area contributed by atoms with Crippen LogP contribution in [0.3, 0.4) is 0 Å². The molecule has 3 N–H and O–H groups in total. The Hall–Kier alpha value is -2.76. The van der Waals surface area contributed by atoms with Crippen molar-refractivity contribution in [3.05, 3.63) is 42.2 Å². The van der Waals surface area contributed by atoms with E-state index in [-0.39, 0.29) is 5.84 Å². The van der Waals surface area contributed by atoms with Crippen LogP contribution in [0.1, 0.15) is 5.56 Å². The van der Waals surface area contributed by atoms with Gasteiger partial charge < -0.3 is 19.9 Å². The molecule has 0 aliphatic rings. The molecule has 0 radical (unpaired) electrons. The number of pyridine rings is 1. The summed E-state index contributed by atoms with van der Waals surface area (Å²) >= 11 is 0. The van der Waals surface area contributed by atoms with Gasteiger partial charge in [0.1, 0.15) is 5.84 Å². The molecule has 2 aromatic rings. The van der Waals surface area contributed by atoms with E-state index >= 15 is 0 Å². The van der Waals surface area contributed by atoms with Gasteiger partial charge in [0.15, 0.2) is 17.2 Å². The number of hydrogen-bond acceptors (Lipinski definition) is 5. The highest BCUT2D eigenvalue weighted by atomic mass is 16.5. The van der Waals surface area contributed by atoms with Crippen LogP contribution in [-0.4, -0.2) is 25.0 Å². The third-order valence-corrected chi connectivity index (χ3v) is 2.67. The van der Waals surface area contributed by atoms with E-state index in [1.807, 2.05) is 0 Å². The normalized spacial score (nSPS) is 9.90. The number of aromatic nitrogens is 1. The molecule has 0 bridgehead atoms. The zero-order valence-electron chi connectivity index (χ0n) is 11.2. The van der Waals surface area contributed by atoms with Crippen molar-refractivity contribution in [2.75, 3.05) is 14.2 Å². The number of nitrogens with zero attached hydrogens (tertiary/aromatic N) is 1. The van der Waals surface area contributed by atoms with Crippen LogP contribution < -0.4 is 19.9 Å². The number of methoxy groups -OCH3 is 2. The molecule has 6 nitrogen and oxygen atoms in total. The molecule has 0 saturated carbocycles. The Kier molecular flexibility index (Phi) is 4.05. The van der Waals surface area contributed by atoms with E-state index in [0.717, 1.165) is 0 Å². The Bertz CT molecular complexity index is 607. The first-order chi connectivity index (χ1) is 9.67. The van der Waals surface area contributed by atoms with Crippen molar-refractivity contribution in [3.8, 4) is 23.0 Å². The summed E-state index contributed by atoms with van der Waals surface area (Å²) in [7, 11) is 3.08. The van der Waals surface area contributed by atoms with E-state index in [4.69, 9.17) is 25.4 Å². The molecule has 0 aliphatic carbocycles. The summed E-state index contributed by atoms with van der Waals surface area (Å²) in [6.45, 7) is 0. The Morgan fingerprint density at radius 2 is 1.75 bits per heavy atom. The highest BCUT2D eigenvalue weighted by Crippen LogP contribution is 2.40. The van der Waals surface area contributed by atoms with Gasteiger partial charge in [-0.1, -0.05) is 6.07 Å². The van der Waals surface area contributed by atoms with Crippen molar-refractivity contribution >= 4 is 5.84 Å². The van der Waals surface area contributed by atoms with Gasteiger partial charge >= 0.3 is 0 Å². The maximum atomic E-state index is 7.55. The molecule has 20 heavy (non-hydrogen) atoms. The van der Waals surface area contributed by atoms with Gasteiger partial charge in [-0.3, -0.25) is 10.4 Å². The first kappa shape index (κ1) is 13.7. The molecular formula is C14H15N3O3. The summed E-state index contributed by atoms with van der Waals surface area (Å²) in [6.07, 6.45) is 3.03. The monoisotopic (exact) mass is 273 g/mol. The zero-order chi connectivity index (χ0) is 14.5. The minimum Gasteiger partial charge on any atom is -0.493 e. The fourth-order valence-corrected chi connectivity index (χ4v) is 1.71. The summed E-state index contributed by atoms with van der Waals surface area (Å²) in [5.74, 6) is 1.71. The number of nitrogens with one attached hydrogen (secondary N) is 1. The lowest BCUT2D eigenvalue weighted by atomic mass is 10.2. The number of benzene rings is 1. The second-order valence-corrected chi connectivity index (χ2v) is 3.88. The van der Waals surface area contributed by atoms with Crippen molar-refractivity contribution in [1.82, 2.24) is 4.98 Å². The van der Waals surface area contributed by atoms with E-state index in [0.29, 0.717) is 28.6 Å². The molecule has 0 spiro atoms. The SMILES string of the molecule is COc1cccc(OC)c1Oc1cnccc1C(=N)N. The lowest BCUT2D eigenvalue weighted by Gasteiger charge is -2.15. The van der Waals surface area contributed by atoms with Crippen molar-refractivity contribution in [1.29, 1.82) is 5.41 Å². The fourth-order valence-electron chi connectivity index (χ4n) is 1.71. The summed E-state index contributed by atoms with van der Waals surface area (Å²) in [6, 6.07) is 6.91. The summed E-state index contributed by atoms with van der Waals surface area (Å²) in [5, 5.41) is 7.55. The zero-order valence-corrected chi connectivity index (χ0v) is 11.2. The number of nitrogens with two attached hydrogens (primary N) is 1. The number of amidine groups is 1. The Balaban J connectivity index is 2.47. The molecule has 2 rings (SSSR count). The van der Waals surface area contributed by atoms with Crippen molar-refractivity contribution in [3.63, 3.8) is 0 Å². The quantitative estimate of drug-likeness (QED) is 0.643. The van der Waals surface area contributed by atoms with E-state index in [1.165, 1.54) is 20.4 Å². The molecule has 0 atom stereocenters. The van der Waals surface area contributed by atoms with Gasteiger partial charge in [-0.05, 0) is 18.2 Å². The van der Waals surface area contributed by atoms with Gasteiger partial charge in [-0.15, -0.1) is 0 Å². The van der Waals surface area contributed by atoms with E-state index in [1.54, 1.807) is 30.5 Å². The van der Waals surface area contributed by atoms with Crippen molar-refractivity contribution in [2.24, 2.45) is 5.73 Å². The molecule has 1 heterocycles. The lowest BCUT2D eigenvalue weighted by Crippen LogP contribution is -2.12. The molecule has 6 heteroatoms. The number of hydrogen-bond donors (Lipinski definition) is 2. The molecule has 0 aliphatic heterocycles. The van der Waals surface area contributed by atoms with Crippen molar-refractivity contribution < 1.29 is 14.2 Å². The molecule has 0 unspecified atom stereocenters. The number of nitrogen functional groups attached to an aromatic ring is 1. The predicted molar refractivity (Wildman–Crippen MR) is 74.9 cm³/mol. The first-order valence-corrected chi connectivity index (χ1v) is 5.84. The summed E-state index contributed by atoms with van der Waals surface area (Å²) in [5.41, 5.74) is 5.97. The van der Waals surface area contributed by atoms with Crippen LogP contribution >= 0.6 is 0 Å². The summed E-state index contributed by atoms with van der Waals surface area (Å²) < 4.78 is 16.3.